The summed E-state index contributed by atoms with van der Waals surface area (Å²) in [5, 5.41) is 3.64. The second-order valence-electron chi connectivity index (χ2n) is 6.52. The van der Waals surface area contributed by atoms with Gasteiger partial charge in [-0.05, 0) is 63.9 Å². The minimum atomic E-state index is 0.517. The van der Waals surface area contributed by atoms with Crippen LogP contribution >= 0.6 is 0 Å². The van der Waals surface area contributed by atoms with E-state index in [0.29, 0.717) is 6.04 Å². The van der Waals surface area contributed by atoms with Crippen molar-refractivity contribution in [3.8, 4) is 0 Å². The zero-order chi connectivity index (χ0) is 15.1. The monoisotopic (exact) mass is 291 g/mol. The molecule has 0 spiro atoms. The molecule has 2 heterocycles. The molecule has 21 heavy (non-hydrogen) atoms. The number of hydrogen-bond acceptors (Lipinski definition) is 2. The molecule has 2 unspecified atom stereocenters. The molecule has 0 saturated carbocycles. The first kappa shape index (κ1) is 16.6. The molecule has 0 bridgehead atoms. The largest absolute Gasteiger partial charge is 0.354 e. The van der Waals surface area contributed by atoms with E-state index in [0.717, 1.165) is 25.6 Å². The fraction of sp³-hybridized carbons (Fsp3) is 0.778. The van der Waals surface area contributed by atoms with E-state index in [4.69, 9.17) is 0 Å². The van der Waals surface area contributed by atoms with Crippen LogP contribution in [0.3, 0.4) is 0 Å². The van der Waals surface area contributed by atoms with Crippen molar-refractivity contribution in [2.75, 3.05) is 20.1 Å². The number of aryl methyl sites for hydroxylation is 1. The second-order valence-corrected chi connectivity index (χ2v) is 6.52. The minimum Gasteiger partial charge on any atom is -0.354 e. The van der Waals surface area contributed by atoms with E-state index in [2.05, 4.69) is 54.1 Å². The topological polar surface area (TPSA) is 20.2 Å². The fourth-order valence-corrected chi connectivity index (χ4v) is 3.43. The lowest BCUT2D eigenvalue weighted by atomic mass is 10.0. The maximum atomic E-state index is 3.64. The van der Waals surface area contributed by atoms with Gasteiger partial charge in [0.25, 0.3) is 0 Å². The van der Waals surface area contributed by atoms with Gasteiger partial charge in [-0.2, -0.15) is 0 Å². The Morgan fingerprint density at radius 2 is 2.19 bits per heavy atom. The lowest BCUT2D eigenvalue weighted by molar-refractivity contribution is 0.171. The molecular weight excluding hydrogens is 258 g/mol. The third kappa shape index (κ3) is 4.86. The third-order valence-corrected chi connectivity index (χ3v) is 4.87. The van der Waals surface area contributed by atoms with Crippen LogP contribution in [-0.4, -0.2) is 35.6 Å². The highest BCUT2D eigenvalue weighted by Crippen LogP contribution is 2.20. The van der Waals surface area contributed by atoms with Crippen LogP contribution in [0.15, 0.2) is 18.5 Å². The van der Waals surface area contributed by atoms with Crippen LogP contribution in [0.4, 0.5) is 0 Å². The summed E-state index contributed by atoms with van der Waals surface area (Å²) >= 11 is 0. The van der Waals surface area contributed by atoms with E-state index >= 15 is 0 Å². The minimum absolute atomic E-state index is 0.517. The molecule has 1 N–H and O–H groups in total. The molecule has 3 heteroatoms. The molecule has 3 nitrogen and oxygen atoms in total. The lowest BCUT2D eigenvalue weighted by Gasteiger charge is -2.32. The highest BCUT2D eigenvalue weighted by atomic mass is 15.1. The molecule has 0 aliphatic carbocycles. The summed E-state index contributed by atoms with van der Waals surface area (Å²) in [5.41, 5.74) is 1.45. The van der Waals surface area contributed by atoms with Gasteiger partial charge in [-0.3, -0.25) is 0 Å². The average molecular weight is 291 g/mol. The van der Waals surface area contributed by atoms with E-state index < -0.39 is 0 Å². The molecule has 1 aliphatic heterocycles. The Balaban J connectivity index is 1.84. The van der Waals surface area contributed by atoms with Gasteiger partial charge in [-0.25, -0.2) is 0 Å². The first-order valence-corrected chi connectivity index (χ1v) is 8.83. The van der Waals surface area contributed by atoms with Crippen LogP contribution < -0.4 is 5.32 Å². The van der Waals surface area contributed by atoms with E-state index in [9.17, 15) is 0 Å². The molecule has 1 saturated heterocycles. The molecule has 1 aliphatic rings. The van der Waals surface area contributed by atoms with E-state index in [1.807, 2.05) is 0 Å². The lowest BCUT2D eigenvalue weighted by Crippen LogP contribution is -2.36. The summed E-state index contributed by atoms with van der Waals surface area (Å²) in [6, 6.07) is 3.59. The van der Waals surface area contributed by atoms with Crippen molar-refractivity contribution < 1.29 is 0 Å². The molecule has 1 aromatic rings. The summed E-state index contributed by atoms with van der Waals surface area (Å²) in [7, 11) is 2.28. The predicted octanol–water partition coefficient (Wildman–Crippen LogP) is 3.81. The zero-order valence-corrected chi connectivity index (χ0v) is 14.1. The van der Waals surface area contributed by atoms with Gasteiger partial charge in [-0.15, -0.1) is 0 Å². The Morgan fingerprint density at radius 3 is 2.90 bits per heavy atom. The summed E-state index contributed by atoms with van der Waals surface area (Å²) < 4.78 is 2.38. The summed E-state index contributed by atoms with van der Waals surface area (Å²) in [6.07, 6.45) is 12.4. The summed E-state index contributed by atoms with van der Waals surface area (Å²) in [5.74, 6) is 0. The first-order valence-electron chi connectivity index (χ1n) is 8.83. The van der Waals surface area contributed by atoms with Crippen LogP contribution in [0, 0.1) is 0 Å². The van der Waals surface area contributed by atoms with Crippen molar-refractivity contribution in [2.24, 2.45) is 0 Å². The molecule has 2 rings (SSSR count). The average Bonchev–Trinajstić information content (AvgIpc) is 2.96. The number of piperidine rings is 1. The Kier molecular flexibility index (Phi) is 6.78. The van der Waals surface area contributed by atoms with Crippen molar-refractivity contribution in [1.82, 2.24) is 14.8 Å². The second kappa shape index (κ2) is 8.60. The van der Waals surface area contributed by atoms with Crippen molar-refractivity contribution in [3.63, 3.8) is 0 Å². The van der Waals surface area contributed by atoms with Crippen LogP contribution in [0.2, 0.25) is 0 Å². The normalized spacial score (nSPS) is 21.6. The Bertz CT molecular complexity index is 399. The van der Waals surface area contributed by atoms with Crippen LogP contribution in [-0.2, 0) is 6.54 Å². The molecule has 1 fully saturated rings. The third-order valence-electron chi connectivity index (χ3n) is 4.87. The predicted molar refractivity (Wildman–Crippen MR) is 90.6 cm³/mol. The van der Waals surface area contributed by atoms with E-state index in [1.54, 1.807) is 0 Å². The fourth-order valence-electron chi connectivity index (χ4n) is 3.43. The Hall–Kier alpha value is -0.800. The summed E-state index contributed by atoms with van der Waals surface area (Å²) in [4.78, 5) is 2.55. The van der Waals surface area contributed by atoms with Crippen molar-refractivity contribution >= 4 is 0 Å². The van der Waals surface area contributed by atoms with Gasteiger partial charge >= 0.3 is 0 Å². The highest BCUT2D eigenvalue weighted by Gasteiger charge is 2.18. The number of likely N-dealkylation sites (tertiary alicyclic amines) is 1. The zero-order valence-electron chi connectivity index (χ0n) is 14.1. The smallest absolute Gasteiger partial charge is 0.0332 e. The number of nitrogens with zero attached hydrogens (tertiary/aromatic N) is 2. The standard InChI is InChI=1S/C18H33N3/c1-4-11-19-18(5-2)16-9-13-21(15-16)14-10-17-8-6-7-12-20(17)3/h9,13,15,17-19H,4-8,10-12,14H2,1-3H3. The van der Waals surface area contributed by atoms with Crippen LogP contribution in [0.1, 0.15) is 64.0 Å². The van der Waals surface area contributed by atoms with Crippen LogP contribution in [0.25, 0.3) is 0 Å². The van der Waals surface area contributed by atoms with Gasteiger partial charge < -0.3 is 14.8 Å². The molecule has 2 atom stereocenters. The first-order chi connectivity index (χ1) is 10.2. The van der Waals surface area contributed by atoms with E-state index in [1.165, 1.54) is 44.2 Å². The van der Waals surface area contributed by atoms with Crippen molar-refractivity contribution in [2.45, 2.75) is 71.0 Å². The van der Waals surface area contributed by atoms with Gasteiger partial charge in [-0.1, -0.05) is 20.3 Å². The van der Waals surface area contributed by atoms with E-state index in [-0.39, 0.29) is 0 Å². The molecular formula is C18H33N3. The molecule has 1 aromatic heterocycles. The SMILES string of the molecule is CCCNC(CC)c1ccn(CCC2CCCCN2C)c1. The van der Waals surface area contributed by atoms with Gasteiger partial charge in [0.05, 0.1) is 0 Å². The molecule has 120 valence electrons. The van der Waals surface area contributed by atoms with Gasteiger partial charge in [0.15, 0.2) is 0 Å². The number of nitrogens with one attached hydrogen (secondary N) is 1. The molecule has 0 amide bonds. The van der Waals surface area contributed by atoms with Gasteiger partial charge in [0, 0.05) is 31.0 Å². The van der Waals surface area contributed by atoms with Crippen LogP contribution in [0.5, 0.6) is 0 Å². The molecule has 0 radical (unpaired) electrons. The maximum absolute atomic E-state index is 3.64. The highest BCUT2D eigenvalue weighted by molar-refractivity contribution is 5.15. The summed E-state index contributed by atoms with van der Waals surface area (Å²) in [6.45, 7) is 8.03. The van der Waals surface area contributed by atoms with Gasteiger partial charge in [0.1, 0.15) is 0 Å². The Labute approximate surface area is 130 Å². The quantitative estimate of drug-likeness (QED) is 0.786. The van der Waals surface area contributed by atoms with Gasteiger partial charge in [0.2, 0.25) is 0 Å². The maximum Gasteiger partial charge on any atom is 0.0332 e. The number of hydrogen-bond donors (Lipinski definition) is 1. The molecule has 0 aromatic carbocycles. The number of aromatic nitrogens is 1. The van der Waals surface area contributed by atoms with Crippen molar-refractivity contribution in [1.29, 1.82) is 0 Å². The Morgan fingerprint density at radius 1 is 1.33 bits per heavy atom. The number of rotatable bonds is 8. The van der Waals surface area contributed by atoms with Crippen molar-refractivity contribution in [3.05, 3.63) is 24.0 Å².